The van der Waals surface area contributed by atoms with Crippen molar-refractivity contribution in [1.82, 2.24) is 19.9 Å². The van der Waals surface area contributed by atoms with Crippen LogP contribution in [0.2, 0.25) is 0 Å². The molecule has 2 fully saturated rings. The van der Waals surface area contributed by atoms with E-state index in [1.807, 2.05) is 54.6 Å². The van der Waals surface area contributed by atoms with Gasteiger partial charge in [-0.1, -0.05) is 18.2 Å². The highest BCUT2D eigenvalue weighted by Gasteiger charge is 2.30. The molecule has 1 amide bonds. The molecule has 9 heteroatoms. The average molecular weight is 616 g/mol. The number of carbonyl (C=O) groups is 1. The van der Waals surface area contributed by atoms with Crippen LogP contribution in [0.1, 0.15) is 53.1 Å². The second-order valence-corrected chi connectivity index (χ2v) is 12.6. The number of benzene rings is 3. The van der Waals surface area contributed by atoms with Gasteiger partial charge in [-0.2, -0.15) is 0 Å². The van der Waals surface area contributed by atoms with Gasteiger partial charge in [0, 0.05) is 35.3 Å². The van der Waals surface area contributed by atoms with E-state index >= 15 is 0 Å². The van der Waals surface area contributed by atoms with E-state index in [2.05, 4.69) is 39.0 Å². The van der Waals surface area contributed by atoms with Crippen LogP contribution in [0.25, 0.3) is 33.5 Å². The zero-order valence-electron chi connectivity index (χ0n) is 25.9. The number of carbonyl (C=O) groups excluding carboxylic acids is 1. The van der Waals surface area contributed by atoms with Gasteiger partial charge in [0.1, 0.15) is 36.2 Å². The van der Waals surface area contributed by atoms with Gasteiger partial charge in [0.25, 0.3) is 5.91 Å². The molecular weight excluding hydrogens is 578 g/mol. The van der Waals surface area contributed by atoms with E-state index in [-0.39, 0.29) is 18.6 Å². The Morgan fingerprint density at radius 3 is 2.57 bits per heavy atom. The van der Waals surface area contributed by atoms with Gasteiger partial charge in [-0.25, -0.2) is 9.97 Å². The molecule has 0 radical (unpaired) electrons. The number of anilines is 1. The molecule has 0 spiro atoms. The van der Waals surface area contributed by atoms with E-state index in [0.29, 0.717) is 53.0 Å². The number of hydrogen-bond acceptors (Lipinski definition) is 7. The van der Waals surface area contributed by atoms with Crippen LogP contribution >= 0.6 is 0 Å². The van der Waals surface area contributed by atoms with Gasteiger partial charge in [-0.15, -0.1) is 0 Å². The quantitative estimate of drug-likeness (QED) is 0.226. The van der Waals surface area contributed by atoms with Crippen LogP contribution < -0.4 is 14.4 Å². The van der Waals surface area contributed by atoms with Crippen molar-refractivity contribution in [3.63, 3.8) is 0 Å². The molecule has 1 aliphatic carbocycles. The first kappa shape index (κ1) is 28.7. The zero-order chi connectivity index (χ0) is 31.2. The predicted molar refractivity (Wildman–Crippen MR) is 177 cm³/mol. The minimum absolute atomic E-state index is 0.137. The second kappa shape index (κ2) is 11.9. The lowest BCUT2D eigenvalue weighted by Crippen LogP contribution is -2.35. The lowest BCUT2D eigenvalue weighted by atomic mass is 9.99. The summed E-state index contributed by atoms with van der Waals surface area (Å²) in [5.74, 6) is 1.94. The number of rotatable bonds is 7. The van der Waals surface area contributed by atoms with Crippen LogP contribution in [0.15, 0.2) is 73.1 Å². The lowest BCUT2D eigenvalue weighted by molar-refractivity contribution is 0.0989. The van der Waals surface area contributed by atoms with Gasteiger partial charge >= 0.3 is 0 Å². The zero-order valence-corrected chi connectivity index (χ0v) is 25.9. The SMILES string of the molecule is CN1CCC(Oc2ccc(-c3cc4c(-c5cccc(N6CCOc7cc(C8CC8)ccc7C6=O)c5CO)ncnc4[nH]3)cc2)CC1. The molecule has 2 aliphatic heterocycles. The molecule has 9 nitrogen and oxygen atoms in total. The standard InChI is InChI=1S/C37H37N5O4/c1-41-15-13-27(14-16-41)46-26-10-7-24(8-11-26)32-20-30-35(38-22-39-36(30)40-32)28-3-2-4-33(31(28)21-43)42-17-18-45-34-19-25(23-5-6-23)9-12-29(34)37(42)44/h2-4,7-12,19-20,22-23,27,43H,5-6,13-18,21H2,1H3,(H,38,39,40). The number of aliphatic hydroxyl groups excluding tert-OH is 1. The molecule has 8 rings (SSSR count). The molecule has 2 N–H and O–H groups in total. The average Bonchev–Trinajstić information content (AvgIpc) is 3.87. The Morgan fingerprint density at radius 1 is 0.957 bits per heavy atom. The summed E-state index contributed by atoms with van der Waals surface area (Å²) in [4.78, 5) is 30.6. The topological polar surface area (TPSA) is 104 Å². The molecule has 0 bridgehead atoms. The first-order chi connectivity index (χ1) is 22.6. The number of piperidine rings is 1. The highest BCUT2D eigenvalue weighted by atomic mass is 16.5. The van der Waals surface area contributed by atoms with E-state index in [1.165, 1.54) is 24.7 Å². The van der Waals surface area contributed by atoms with Crippen molar-refractivity contribution in [1.29, 1.82) is 0 Å². The maximum absolute atomic E-state index is 13.9. The molecule has 0 unspecified atom stereocenters. The predicted octanol–water partition coefficient (Wildman–Crippen LogP) is 6.17. The van der Waals surface area contributed by atoms with E-state index in [4.69, 9.17) is 9.47 Å². The molecule has 0 atom stereocenters. The molecule has 5 aromatic rings. The molecule has 3 aromatic carbocycles. The normalized spacial score (nSPS) is 17.5. The minimum atomic E-state index is -0.259. The summed E-state index contributed by atoms with van der Waals surface area (Å²) in [5.41, 5.74) is 7.10. The van der Waals surface area contributed by atoms with Crippen molar-refractivity contribution in [3.05, 3.63) is 89.7 Å². The van der Waals surface area contributed by atoms with Crippen molar-refractivity contribution in [2.45, 2.75) is 44.3 Å². The molecule has 3 aliphatic rings. The summed E-state index contributed by atoms with van der Waals surface area (Å²) in [6, 6.07) is 21.9. The Bertz CT molecular complexity index is 1910. The smallest absolute Gasteiger partial charge is 0.262 e. The monoisotopic (exact) mass is 615 g/mol. The van der Waals surface area contributed by atoms with E-state index in [0.717, 1.165) is 53.9 Å². The minimum Gasteiger partial charge on any atom is -0.491 e. The van der Waals surface area contributed by atoms with Gasteiger partial charge in [-0.05, 0) is 98.3 Å². The Balaban J connectivity index is 1.10. The summed E-state index contributed by atoms with van der Waals surface area (Å²) < 4.78 is 12.3. The molecule has 1 saturated heterocycles. The molecule has 2 aromatic heterocycles. The largest absolute Gasteiger partial charge is 0.491 e. The summed E-state index contributed by atoms with van der Waals surface area (Å²) in [6.45, 7) is 2.58. The van der Waals surface area contributed by atoms with Crippen LogP contribution in [0.5, 0.6) is 11.5 Å². The number of H-pyrrole nitrogens is 1. The van der Waals surface area contributed by atoms with Crippen LogP contribution in [0.3, 0.4) is 0 Å². The number of aromatic amines is 1. The fourth-order valence-electron chi connectivity index (χ4n) is 6.76. The van der Waals surface area contributed by atoms with E-state index in [1.54, 1.807) is 4.90 Å². The van der Waals surface area contributed by atoms with Crippen LogP contribution in [0, 0.1) is 0 Å². The van der Waals surface area contributed by atoms with Crippen molar-refractivity contribution in [2.75, 3.05) is 38.2 Å². The summed E-state index contributed by atoms with van der Waals surface area (Å²) >= 11 is 0. The Hall–Kier alpha value is -4.73. The number of fused-ring (bicyclic) bond motifs is 2. The Labute approximate surface area is 267 Å². The number of nitrogens with zero attached hydrogens (tertiary/aromatic N) is 4. The molecule has 234 valence electrons. The van der Waals surface area contributed by atoms with Crippen molar-refractivity contribution < 1.29 is 19.4 Å². The number of nitrogens with one attached hydrogen (secondary N) is 1. The van der Waals surface area contributed by atoms with E-state index in [9.17, 15) is 9.90 Å². The Morgan fingerprint density at radius 2 is 1.78 bits per heavy atom. The van der Waals surface area contributed by atoms with Crippen LogP contribution in [-0.2, 0) is 6.61 Å². The van der Waals surface area contributed by atoms with Gasteiger partial charge in [-0.3, -0.25) is 4.79 Å². The highest BCUT2D eigenvalue weighted by molar-refractivity contribution is 6.09. The summed E-state index contributed by atoms with van der Waals surface area (Å²) in [6.07, 6.45) is 6.22. The summed E-state index contributed by atoms with van der Waals surface area (Å²) in [5, 5.41) is 11.6. The van der Waals surface area contributed by atoms with Gasteiger partial charge < -0.3 is 29.4 Å². The molecule has 46 heavy (non-hydrogen) atoms. The third kappa shape index (κ3) is 5.39. The third-order valence-electron chi connectivity index (χ3n) is 9.52. The number of hydrogen-bond donors (Lipinski definition) is 2. The number of likely N-dealkylation sites (tertiary alicyclic amines) is 1. The number of ether oxygens (including phenoxy) is 2. The fraction of sp³-hybridized carbons (Fsp3) is 0.324. The van der Waals surface area contributed by atoms with Gasteiger partial charge in [0.2, 0.25) is 0 Å². The van der Waals surface area contributed by atoms with Crippen LogP contribution in [-0.4, -0.2) is 70.3 Å². The lowest BCUT2D eigenvalue weighted by Gasteiger charge is -2.29. The third-order valence-corrected chi connectivity index (χ3v) is 9.52. The maximum atomic E-state index is 13.9. The maximum Gasteiger partial charge on any atom is 0.262 e. The molecule has 1 saturated carbocycles. The Kier molecular flexibility index (Phi) is 7.42. The fourth-order valence-corrected chi connectivity index (χ4v) is 6.76. The number of aromatic nitrogens is 3. The van der Waals surface area contributed by atoms with Crippen molar-refractivity contribution in [2.24, 2.45) is 0 Å². The van der Waals surface area contributed by atoms with Crippen LogP contribution in [0.4, 0.5) is 5.69 Å². The summed E-state index contributed by atoms with van der Waals surface area (Å²) in [7, 11) is 2.15. The number of amides is 1. The highest BCUT2D eigenvalue weighted by Crippen LogP contribution is 2.43. The van der Waals surface area contributed by atoms with Crippen molar-refractivity contribution >= 4 is 22.6 Å². The molecular formula is C37H37N5O4. The van der Waals surface area contributed by atoms with E-state index < -0.39 is 0 Å². The first-order valence-corrected chi connectivity index (χ1v) is 16.2. The van der Waals surface area contributed by atoms with Gasteiger partial charge in [0.15, 0.2) is 0 Å². The second-order valence-electron chi connectivity index (χ2n) is 12.6. The van der Waals surface area contributed by atoms with Crippen molar-refractivity contribution in [3.8, 4) is 34.0 Å². The first-order valence-electron chi connectivity index (χ1n) is 16.2. The van der Waals surface area contributed by atoms with Gasteiger partial charge in [0.05, 0.1) is 30.1 Å². The number of aliphatic hydroxyl groups is 1. The molecule has 4 heterocycles.